The molecule has 0 bridgehead atoms. The highest BCUT2D eigenvalue weighted by Crippen LogP contribution is 2.31. The number of carboxylic acids is 1. The summed E-state index contributed by atoms with van der Waals surface area (Å²) in [6, 6.07) is 6.41. The van der Waals surface area contributed by atoms with Crippen LogP contribution in [0.3, 0.4) is 0 Å². The summed E-state index contributed by atoms with van der Waals surface area (Å²) in [4.78, 5) is 11.3. The zero-order valence-electron chi connectivity index (χ0n) is 11.8. The second-order valence-corrected chi connectivity index (χ2v) is 5.10. The number of aliphatic carboxylic acids is 1. The molecule has 1 saturated carbocycles. The largest absolute Gasteiger partial charge is 0.479 e. The number of hydrogen-bond donors (Lipinski definition) is 3. The Labute approximate surface area is 122 Å². The molecule has 112 valence electrons. The predicted molar refractivity (Wildman–Crippen MR) is 76.8 cm³/mol. The molecule has 0 aliphatic heterocycles. The molecule has 1 fully saturated rings. The molecule has 1 aliphatic carbocycles. The van der Waals surface area contributed by atoms with Crippen LogP contribution in [0.5, 0.6) is 0 Å². The maximum absolute atomic E-state index is 11.3. The van der Waals surface area contributed by atoms with Crippen molar-refractivity contribution < 1.29 is 19.4 Å². The van der Waals surface area contributed by atoms with Crippen molar-refractivity contribution in [2.75, 3.05) is 6.61 Å². The average molecular weight is 290 g/mol. The normalized spacial score (nSPS) is 15.3. The summed E-state index contributed by atoms with van der Waals surface area (Å²) in [7, 11) is 0. The molecule has 0 spiro atoms. The van der Waals surface area contributed by atoms with Gasteiger partial charge in [0.05, 0.1) is 6.61 Å². The van der Waals surface area contributed by atoms with Gasteiger partial charge in [-0.3, -0.25) is 10.8 Å². The summed E-state index contributed by atoms with van der Waals surface area (Å²) in [5.74, 6) is -0.742. The summed E-state index contributed by atoms with van der Waals surface area (Å²) in [6.45, 7) is 1.90. The molecule has 2 rings (SSSR count). The molecule has 21 heavy (non-hydrogen) atoms. The van der Waals surface area contributed by atoms with Crippen LogP contribution in [-0.2, 0) is 14.3 Å². The minimum Gasteiger partial charge on any atom is -0.479 e. The van der Waals surface area contributed by atoms with E-state index in [-0.39, 0.29) is 11.8 Å². The Hall–Kier alpha value is -2.21. The van der Waals surface area contributed by atoms with E-state index < -0.39 is 12.1 Å². The minimum absolute atomic E-state index is 0.0692. The van der Waals surface area contributed by atoms with Gasteiger partial charge in [0, 0.05) is 12.5 Å². The zero-order chi connectivity index (χ0) is 15.4. The quantitative estimate of drug-likeness (QED) is 0.553. The van der Waals surface area contributed by atoms with Gasteiger partial charge in [-0.05, 0) is 36.5 Å². The fourth-order valence-electron chi connectivity index (χ4n) is 1.85. The smallest absolute Gasteiger partial charge is 0.337 e. The highest BCUT2D eigenvalue weighted by atomic mass is 16.5. The van der Waals surface area contributed by atoms with Crippen molar-refractivity contribution in [1.29, 1.82) is 10.8 Å². The zero-order valence-corrected chi connectivity index (χ0v) is 11.8. The highest BCUT2D eigenvalue weighted by Gasteiger charge is 2.27. The molecule has 0 saturated heterocycles. The second-order valence-electron chi connectivity index (χ2n) is 5.10. The van der Waals surface area contributed by atoms with Gasteiger partial charge in [-0.1, -0.05) is 12.1 Å². The third-order valence-electron chi connectivity index (χ3n) is 3.15. The molecule has 0 aromatic heterocycles. The van der Waals surface area contributed by atoms with E-state index in [1.54, 1.807) is 24.3 Å². The lowest BCUT2D eigenvalue weighted by molar-refractivity contribution is -0.151. The second kappa shape index (κ2) is 6.49. The standard InChI is InChI=1S/C15H18N2O4/c1-9(16)21-14(17)12-6-4-11(5-7-12)13(15(18)19)20-8-10-2-3-10/h4-7,10,13,16-17H,2-3,8H2,1H3,(H,18,19). The van der Waals surface area contributed by atoms with Crippen LogP contribution in [0.25, 0.3) is 0 Å². The Morgan fingerprint density at radius 1 is 1.33 bits per heavy atom. The first-order valence-electron chi connectivity index (χ1n) is 6.73. The van der Waals surface area contributed by atoms with Crippen LogP contribution in [0.15, 0.2) is 24.3 Å². The van der Waals surface area contributed by atoms with Gasteiger partial charge in [0.1, 0.15) is 0 Å². The van der Waals surface area contributed by atoms with Crippen molar-refractivity contribution in [2.45, 2.75) is 25.9 Å². The summed E-state index contributed by atoms with van der Waals surface area (Å²) >= 11 is 0. The third kappa shape index (κ3) is 4.39. The molecule has 0 amide bonds. The van der Waals surface area contributed by atoms with Gasteiger partial charge in [-0.25, -0.2) is 4.79 Å². The third-order valence-corrected chi connectivity index (χ3v) is 3.15. The number of nitrogens with one attached hydrogen (secondary N) is 2. The van der Waals surface area contributed by atoms with E-state index in [2.05, 4.69) is 0 Å². The molecule has 6 nitrogen and oxygen atoms in total. The van der Waals surface area contributed by atoms with Gasteiger partial charge < -0.3 is 14.6 Å². The number of rotatable bonds is 6. The van der Waals surface area contributed by atoms with E-state index in [0.717, 1.165) is 12.8 Å². The molecular weight excluding hydrogens is 272 g/mol. The van der Waals surface area contributed by atoms with Gasteiger partial charge in [0.2, 0.25) is 5.90 Å². The fourth-order valence-corrected chi connectivity index (χ4v) is 1.85. The SMILES string of the molecule is CC(=N)OC(=N)c1ccc(C(OCC2CC2)C(=O)O)cc1. The van der Waals surface area contributed by atoms with Crippen LogP contribution >= 0.6 is 0 Å². The van der Waals surface area contributed by atoms with E-state index in [0.29, 0.717) is 23.7 Å². The van der Waals surface area contributed by atoms with E-state index in [1.807, 2.05) is 0 Å². The van der Waals surface area contributed by atoms with Gasteiger partial charge in [-0.2, -0.15) is 0 Å². The lowest BCUT2D eigenvalue weighted by Crippen LogP contribution is -2.17. The molecule has 1 aromatic rings. The van der Waals surface area contributed by atoms with E-state index in [1.165, 1.54) is 6.92 Å². The first kappa shape index (κ1) is 15.2. The lowest BCUT2D eigenvalue weighted by Gasteiger charge is -2.14. The number of carbonyl (C=O) groups is 1. The van der Waals surface area contributed by atoms with Gasteiger partial charge in [0.25, 0.3) is 0 Å². The number of ether oxygens (including phenoxy) is 2. The minimum atomic E-state index is -1.02. The van der Waals surface area contributed by atoms with Crippen LogP contribution in [-0.4, -0.2) is 29.5 Å². The first-order valence-corrected chi connectivity index (χ1v) is 6.73. The van der Waals surface area contributed by atoms with Crippen molar-refractivity contribution in [3.05, 3.63) is 35.4 Å². The van der Waals surface area contributed by atoms with Crippen LogP contribution < -0.4 is 0 Å². The lowest BCUT2D eigenvalue weighted by atomic mass is 10.1. The van der Waals surface area contributed by atoms with Crippen LogP contribution in [0.2, 0.25) is 0 Å². The Balaban J connectivity index is 2.05. The molecule has 6 heteroatoms. The molecule has 0 heterocycles. The first-order chi connectivity index (χ1) is 9.97. The number of carboxylic acid groups (broad SMARTS) is 1. The van der Waals surface area contributed by atoms with Crippen molar-refractivity contribution >= 4 is 17.8 Å². The maximum atomic E-state index is 11.3. The Morgan fingerprint density at radius 2 is 1.95 bits per heavy atom. The molecule has 0 radical (unpaired) electrons. The summed E-state index contributed by atoms with van der Waals surface area (Å²) in [5.41, 5.74) is 1.02. The molecular formula is C15H18N2O4. The summed E-state index contributed by atoms with van der Waals surface area (Å²) in [5, 5.41) is 24.1. The Morgan fingerprint density at radius 3 is 2.43 bits per heavy atom. The highest BCUT2D eigenvalue weighted by molar-refractivity contribution is 5.98. The molecule has 1 atom stereocenters. The molecule has 1 aliphatic rings. The van der Waals surface area contributed by atoms with Gasteiger partial charge >= 0.3 is 5.97 Å². The topological polar surface area (TPSA) is 103 Å². The van der Waals surface area contributed by atoms with Crippen molar-refractivity contribution in [1.82, 2.24) is 0 Å². The van der Waals surface area contributed by atoms with E-state index in [4.69, 9.17) is 20.3 Å². The summed E-state index contributed by atoms with van der Waals surface area (Å²) in [6.07, 6.45) is 1.21. The van der Waals surface area contributed by atoms with Crippen molar-refractivity contribution in [3.63, 3.8) is 0 Å². The molecule has 1 unspecified atom stereocenters. The fraction of sp³-hybridized carbons (Fsp3) is 0.400. The van der Waals surface area contributed by atoms with Crippen LogP contribution in [0.4, 0.5) is 0 Å². The van der Waals surface area contributed by atoms with Crippen molar-refractivity contribution in [3.8, 4) is 0 Å². The molecule has 3 N–H and O–H groups in total. The molecule has 1 aromatic carbocycles. The average Bonchev–Trinajstić information content (AvgIpc) is 3.22. The monoisotopic (exact) mass is 290 g/mol. The van der Waals surface area contributed by atoms with E-state index in [9.17, 15) is 9.90 Å². The number of benzene rings is 1. The summed E-state index contributed by atoms with van der Waals surface area (Å²) < 4.78 is 10.4. The van der Waals surface area contributed by atoms with Crippen molar-refractivity contribution in [2.24, 2.45) is 5.92 Å². The Kier molecular flexibility index (Phi) is 4.70. The van der Waals surface area contributed by atoms with Crippen LogP contribution in [0, 0.1) is 16.7 Å². The Bertz CT molecular complexity index is 549. The van der Waals surface area contributed by atoms with Crippen LogP contribution in [0.1, 0.15) is 37.0 Å². The van der Waals surface area contributed by atoms with Gasteiger partial charge in [-0.15, -0.1) is 0 Å². The van der Waals surface area contributed by atoms with E-state index >= 15 is 0 Å². The maximum Gasteiger partial charge on any atom is 0.337 e. The predicted octanol–water partition coefficient (Wildman–Crippen LogP) is 2.58. The van der Waals surface area contributed by atoms with Gasteiger partial charge in [0.15, 0.2) is 12.0 Å². The number of hydrogen-bond acceptors (Lipinski definition) is 5.